The number of aromatic amines is 1. The standard InChI is InChI=1S/C14H13NS/c1-3-7-11-9(5-1)14-13(15-11)10-6-2-4-8-12(10)16-14/h2,4,6,8,15H,1,3,5,7H2. The molecule has 0 bridgehead atoms. The average molecular weight is 227 g/mol. The summed E-state index contributed by atoms with van der Waals surface area (Å²) in [6.07, 6.45) is 5.21. The topological polar surface area (TPSA) is 15.8 Å². The molecule has 2 heterocycles. The van der Waals surface area contributed by atoms with Gasteiger partial charge in [-0.25, -0.2) is 0 Å². The van der Waals surface area contributed by atoms with Crippen molar-refractivity contribution in [1.82, 2.24) is 4.98 Å². The largest absolute Gasteiger partial charge is 0.357 e. The number of nitrogens with one attached hydrogen (secondary N) is 1. The molecule has 2 heteroatoms. The summed E-state index contributed by atoms with van der Waals surface area (Å²) in [4.78, 5) is 3.65. The van der Waals surface area contributed by atoms with Gasteiger partial charge in [-0.2, -0.15) is 0 Å². The van der Waals surface area contributed by atoms with E-state index in [2.05, 4.69) is 29.2 Å². The molecular formula is C14H13NS. The van der Waals surface area contributed by atoms with Gasteiger partial charge in [-0.15, -0.1) is 11.3 Å². The molecule has 0 fully saturated rings. The number of hydrogen-bond acceptors (Lipinski definition) is 1. The van der Waals surface area contributed by atoms with Gasteiger partial charge in [0.05, 0.1) is 10.2 Å². The van der Waals surface area contributed by atoms with Crippen molar-refractivity contribution >= 4 is 31.6 Å². The Kier molecular flexibility index (Phi) is 1.71. The van der Waals surface area contributed by atoms with Gasteiger partial charge in [-0.3, -0.25) is 0 Å². The SMILES string of the molecule is c1ccc2c(c1)sc1c3c([nH]c12)CCCC3. The van der Waals surface area contributed by atoms with E-state index in [1.54, 1.807) is 5.56 Å². The fourth-order valence-corrected chi connectivity index (χ4v) is 4.08. The number of rotatable bonds is 0. The van der Waals surface area contributed by atoms with Crippen LogP contribution in [-0.4, -0.2) is 4.98 Å². The van der Waals surface area contributed by atoms with Crippen LogP contribution in [0.15, 0.2) is 24.3 Å². The number of fused-ring (bicyclic) bond motifs is 5. The van der Waals surface area contributed by atoms with Gasteiger partial charge in [0.15, 0.2) is 0 Å². The monoisotopic (exact) mass is 227 g/mol. The molecule has 0 spiro atoms. The minimum atomic E-state index is 1.24. The fourth-order valence-electron chi connectivity index (χ4n) is 2.83. The Morgan fingerprint density at radius 1 is 1.06 bits per heavy atom. The highest BCUT2D eigenvalue weighted by atomic mass is 32.1. The van der Waals surface area contributed by atoms with Crippen molar-refractivity contribution in [3.8, 4) is 0 Å². The lowest BCUT2D eigenvalue weighted by molar-refractivity contribution is 0.680. The second-order valence-electron chi connectivity index (χ2n) is 4.59. The van der Waals surface area contributed by atoms with Crippen LogP contribution in [0.5, 0.6) is 0 Å². The molecule has 16 heavy (non-hydrogen) atoms. The zero-order valence-corrected chi connectivity index (χ0v) is 9.86. The van der Waals surface area contributed by atoms with E-state index >= 15 is 0 Å². The van der Waals surface area contributed by atoms with Gasteiger partial charge in [-0.05, 0) is 37.3 Å². The van der Waals surface area contributed by atoms with Crippen molar-refractivity contribution in [3.63, 3.8) is 0 Å². The van der Waals surface area contributed by atoms with Crippen molar-refractivity contribution in [1.29, 1.82) is 0 Å². The molecular weight excluding hydrogens is 214 g/mol. The molecule has 0 amide bonds. The highest BCUT2D eigenvalue weighted by Gasteiger charge is 2.18. The summed E-state index contributed by atoms with van der Waals surface area (Å²) in [5, 5.41) is 1.40. The molecule has 4 rings (SSSR count). The summed E-state index contributed by atoms with van der Waals surface area (Å²) in [7, 11) is 0. The average Bonchev–Trinajstić information content (AvgIpc) is 2.85. The number of aryl methyl sites for hydroxylation is 2. The second-order valence-corrected chi connectivity index (χ2v) is 5.64. The first-order valence-electron chi connectivity index (χ1n) is 5.94. The van der Waals surface area contributed by atoms with E-state index in [-0.39, 0.29) is 0 Å². The second kappa shape index (κ2) is 3.11. The number of hydrogen-bond donors (Lipinski definition) is 1. The van der Waals surface area contributed by atoms with Gasteiger partial charge in [0.25, 0.3) is 0 Å². The van der Waals surface area contributed by atoms with E-state index in [1.807, 2.05) is 11.3 Å². The van der Waals surface area contributed by atoms with Gasteiger partial charge >= 0.3 is 0 Å². The van der Waals surface area contributed by atoms with E-state index in [0.29, 0.717) is 0 Å². The summed E-state index contributed by atoms with van der Waals surface area (Å²) in [6.45, 7) is 0. The smallest absolute Gasteiger partial charge is 0.0648 e. The summed E-state index contributed by atoms with van der Waals surface area (Å²) in [5.41, 5.74) is 4.48. The minimum absolute atomic E-state index is 1.24. The molecule has 0 aliphatic heterocycles. The molecule has 0 atom stereocenters. The van der Waals surface area contributed by atoms with Crippen molar-refractivity contribution in [2.75, 3.05) is 0 Å². The number of H-pyrrole nitrogens is 1. The van der Waals surface area contributed by atoms with E-state index in [4.69, 9.17) is 0 Å². The minimum Gasteiger partial charge on any atom is -0.357 e. The van der Waals surface area contributed by atoms with Crippen molar-refractivity contribution in [2.45, 2.75) is 25.7 Å². The molecule has 3 aromatic rings. The summed E-state index contributed by atoms with van der Waals surface area (Å²) >= 11 is 1.95. The highest BCUT2D eigenvalue weighted by molar-refractivity contribution is 7.26. The van der Waals surface area contributed by atoms with E-state index < -0.39 is 0 Å². The third kappa shape index (κ3) is 1.05. The molecule has 0 saturated carbocycles. The predicted molar refractivity (Wildman–Crippen MR) is 70.3 cm³/mol. The zero-order valence-electron chi connectivity index (χ0n) is 9.05. The maximum atomic E-state index is 3.65. The van der Waals surface area contributed by atoms with E-state index in [0.717, 1.165) is 0 Å². The molecule has 1 aliphatic carbocycles. The maximum Gasteiger partial charge on any atom is 0.0648 e. The Bertz CT molecular complexity index is 674. The van der Waals surface area contributed by atoms with Crippen molar-refractivity contribution in [2.24, 2.45) is 0 Å². The third-order valence-corrected chi connectivity index (χ3v) is 4.84. The number of benzene rings is 1. The van der Waals surface area contributed by atoms with Crippen LogP contribution in [0.2, 0.25) is 0 Å². The first-order valence-corrected chi connectivity index (χ1v) is 6.76. The van der Waals surface area contributed by atoms with Crippen LogP contribution in [0.3, 0.4) is 0 Å². The molecule has 80 valence electrons. The Morgan fingerprint density at radius 2 is 1.94 bits per heavy atom. The highest BCUT2D eigenvalue weighted by Crippen LogP contribution is 2.39. The van der Waals surface area contributed by atoms with Crippen LogP contribution >= 0.6 is 11.3 Å². The molecule has 1 aromatic carbocycles. The third-order valence-electron chi connectivity index (χ3n) is 3.61. The Labute approximate surface area is 98.1 Å². The molecule has 1 aliphatic rings. The predicted octanol–water partition coefficient (Wildman–Crippen LogP) is 4.26. The lowest BCUT2D eigenvalue weighted by Crippen LogP contribution is -1.99. The first-order chi connectivity index (χ1) is 7.93. The molecule has 0 saturated heterocycles. The lowest BCUT2D eigenvalue weighted by atomic mass is 9.98. The van der Waals surface area contributed by atoms with Crippen LogP contribution in [0.1, 0.15) is 24.1 Å². The summed E-state index contributed by atoms with van der Waals surface area (Å²) in [5.74, 6) is 0. The van der Waals surface area contributed by atoms with Crippen LogP contribution in [-0.2, 0) is 12.8 Å². The van der Waals surface area contributed by atoms with Crippen LogP contribution in [0.25, 0.3) is 20.3 Å². The van der Waals surface area contributed by atoms with Crippen molar-refractivity contribution < 1.29 is 0 Å². The summed E-state index contributed by atoms with van der Waals surface area (Å²) < 4.78 is 2.92. The molecule has 1 nitrogen and oxygen atoms in total. The normalized spacial score (nSPS) is 15.8. The van der Waals surface area contributed by atoms with E-state index in [1.165, 1.54) is 51.7 Å². The first kappa shape index (κ1) is 8.82. The fraction of sp³-hybridized carbons (Fsp3) is 0.286. The maximum absolute atomic E-state index is 3.65. The van der Waals surface area contributed by atoms with E-state index in [9.17, 15) is 0 Å². The quantitative estimate of drug-likeness (QED) is 0.590. The van der Waals surface area contributed by atoms with Crippen molar-refractivity contribution in [3.05, 3.63) is 35.5 Å². The Hall–Kier alpha value is -1.28. The molecule has 1 N–H and O–H groups in total. The van der Waals surface area contributed by atoms with Gasteiger partial charge < -0.3 is 4.98 Å². The van der Waals surface area contributed by atoms with Gasteiger partial charge in [-0.1, -0.05) is 18.2 Å². The van der Waals surface area contributed by atoms with Crippen LogP contribution in [0.4, 0.5) is 0 Å². The Balaban J connectivity index is 2.16. The molecule has 0 unspecified atom stereocenters. The van der Waals surface area contributed by atoms with Gasteiger partial charge in [0.2, 0.25) is 0 Å². The van der Waals surface area contributed by atoms with Gasteiger partial charge in [0, 0.05) is 15.8 Å². The molecule has 2 aromatic heterocycles. The zero-order chi connectivity index (χ0) is 10.5. The number of thiophene rings is 1. The van der Waals surface area contributed by atoms with Crippen LogP contribution in [0, 0.1) is 0 Å². The summed E-state index contributed by atoms with van der Waals surface area (Å²) in [6, 6.07) is 8.72. The van der Waals surface area contributed by atoms with Crippen LogP contribution < -0.4 is 0 Å². The molecule has 0 radical (unpaired) electrons. The lowest BCUT2D eigenvalue weighted by Gasteiger charge is -2.09. The van der Waals surface area contributed by atoms with Gasteiger partial charge in [0.1, 0.15) is 0 Å². The number of aromatic nitrogens is 1. The Morgan fingerprint density at radius 3 is 2.94 bits per heavy atom.